The van der Waals surface area contributed by atoms with Gasteiger partial charge in [0.1, 0.15) is 0 Å². The Morgan fingerprint density at radius 3 is 2.42 bits per heavy atom. The number of piperidine rings is 1. The Morgan fingerprint density at radius 2 is 1.95 bits per heavy atom. The van der Waals surface area contributed by atoms with Crippen LogP contribution < -0.4 is 5.73 Å². The van der Waals surface area contributed by atoms with Gasteiger partial charge >= 0.3 is 0 Å². The minimum atomic E-state index is 0.283. The molecular formula is C16H28N2S. The quantitative estimate of drug-likeness (QED) is 0.916. The minimum Gasteiger partial charge on any atom is -0.328 e. The fourth-order valence-corrected chi connectivity index (χ4v) is 3.83. The van der Waals surface area contributed by atoms with Gasteiger partial charge in [-0.1, -0.05) is 20.8 Å². The van der Waals surface area contributed by atoms with Crippen LogP contribution >= 0.6 is 11.3 Å². The molecule has 2 N–H and O–H groups in total. The zero-order chi connectivity index (χ0) is 14.0. The van der Waals surface area contributed by atoms with Crippen molar-refractivity contribution in [1.29, 1.82) is 0 Å². The third-order valence-electron chi connectivity index (χ3n) is 4.16. The minimum absolute atomic E-state index is 0.283. The SMILES string of the molecule is CC(N)C1CCN(Cc2ccc(C(C)(C)C)s2)CC1. The van der Waals surface area contributed by atoms with Crippen LogP contribution in [0.5, 0.6) is 0 Å². The lowest BCUT2D eigenvalue weighted by Gasteiger charge is -2.33. The highest BCUT2D eigenvalue weighted by Crippen LogP contribution is 2.30. The Bertz CT molecular complexity index is 395. The number of thiophene rings is 1. The Kier molecular flexibility index (Phi) is 4.70. The van der Waals surface area contributed by atoms with Crippen molar-refractivity contribution in [1.82, 2.24) is 4.90 Å². The molecule has 0 aliphatic carbocycles. The maximum absolute atomic E-state index is 6.00. The van der Waals surface area contributed by atoms with Gasteiger partial charge in [0.25, 0.3) is 0 Å². The summed E-state index contributed by atoms with van der Waals surface area (Å²) in [6.07, 6.45) is 2.52. The molecule has 0 saturated carbocycles. The summed E-state index contributed by atoms with van der Waals surface area (Å²) in [6, 6.07) is 4.97. The Hall–Kier alpha value is -0.380. The van der Waals surface area contributed by atoms with E-state index in [9.17, 15) is 0 Å². The van der Waals surface area contributed by atoms with E-state index < -0.39 is 0 Å². The van der Waals surface area contributed by atoms with Crippen molar-refractivity contribution in [3.05, 3.63) is 21.9 Å². The molecule has 0 amide bonds. The third kappa shape index (κ3) is 4.04. The molecule has 1 unspecified atom stereocenters. The molecule has 1 aromatic heterocycles. The predicted octanol–water partition coefficient (Wildman–Crippen LogP) is 3.60. The summed E-state index contributed by atoms with van der Waals surface area (Å²) in [6.45, 7) is 12.5. The number of hydrogen-bond acceptors (Lipinski definition) is 3. The Morgan fingerprint density at radius 1 is 1.32 bits per heavy atom. The molecule has 1 aliphatic rings. The average molecular weight is 280 g/mol. The second-order valence-electron chi connectivity index (χ2n) is 6.99. The molecule has 19 heavy (non-hydrogen) atoms. The predicted molar refractivity (Wildman–Crippen MR) is 84.7 cm³/mol. The van der Waals surface area contributed by atoms with Gasteiger partial charge in [-0.2, -0.15) is 0 Å². The first kappa shape index (κ1) is 15.0. The summed E-state index contributed by atoms with van der Waals surface area (Å²) in [5.41, 5.74) is 6.28. The van der Waals surface area contributed by atoms with Crippen LogP contribution in [0.4, 0.5) is 0 Å². The standard InChI is InChI=1S/C16H28N2S/c1-12(17)13-7-9-18(10-8-13)11-14-5-6-15(19-14)16(2,3)4/h5-6,12-13H,7-11,17H2,1-4H3. The smallest absolute Gasteiger partial charge is 0.0328 e. The fourth-order valence-electron chi connectivity index (χ4n) is 2.72. The molecule has 0 spiro atoms. The van der Waals surface area contributed by atoms with Gasteiger partial charge in [0.05, 0.1) is 0 Å². The van der Waals surface area contributed by atoms with Crippen molar-refractivity contribution in [3.63, 3.8) is 0 Å². The maximum Gasteiger partial charge on any atom is 0.0328 e. The van der Waals surface area contributed by atoms with E-state index in [0.717, 1.165) is 12.5 Å². The van der Waals surface area contributed by atoms with Crippen molar-refractivity contribution in [2.45, 2.75) is 58.5 Å². The first-order chi connectivity index (χ1) is 8.86. The number of likely N-dealkylation sites (tertiary alicyclic amines) is 1. The van der Waals surface area contributed by atoms with Crippen LogP contribution in [0.1, 0.15) is 50.3 Å². The van der Waals surface area contributed by atoms with Gasteiger partial charge in [0.2, 0.25) is 0 Å². The van der Waals surface area contributed by atoms with Crippen LogP contribution in [0.3, 0.4) is 0 Å². The number of hydrogen-bond donors (Lipinski definition) is 1. The summed E-state index contributed by atoms with van der Waals surface area (Å²) in [4.78, 5) is 5.58. The van der Waals surface area contributed by atoms with Gasteiger partial charge in [0.15, 0.2) is 0 Å². The summed E-state index contributed by atoms with van der Waals surface area (Å²) in [5.74, 6) is 0.727. The van der Waals surface area contributed by atoms with Crippen molar-refractivity contribution in [2.24, 2.45) is 11.7 Å². The van der Waals surface area contributed by atoms with Crippen molar-refractivity contribution >= 4 is 11.3 Å². The van der Waals surface area contributed by atoms with E-state index >= 15 is 0 Å². The zero-order valence-corrected chi connectivity index (χ0v) is 13.6. The van der Waals surface area contributed by atoms with Crippen LogP contribution in [0, 0.1) is 5.92 Å². The van der Waals surface area contributed by atoms with E-state index in [2.05, 4.69) is 44.7 Å². The molecular weight excluding hydrogens is 252 g/mol. The van der Waals surface area contributed by atoms with Crippen LogP contribution in [-0.4, -0.2) is 24.0 Å². The molecule has 1 saturated heterocycles. The van der Waals surface area contributed by atoms with Gasteiger partial charge in [-0.25, -0.2) is 0 Å². The maximum atomic E-state index is 6.00. The van der Waals surface area contributed by atoms with Gasteiger partial charge in [0, 0.05) is 22.3 Å². The van der Waals surface area contributed by atoms with Gasteiger partial charge in [-0.15, -0.1) is 11.3 Å². The van der Waals surface area contributed by atoms with Gasteiger partial charge in [-0.05, 0) is 56.3 Å². The van der Waals surface area contributed by atoms with Crippen molar-refractivity contribution in [2.75, 3.05) is 13.1 Å². The van der Waals surface area contributed by atoms with Crippen molar-refractivity contribution < 1.29 is 0 Å². The molecule has 0 bridgehead atoms. The summed E-state index contributed by atoms with van der Waals surface area (Å²) in [5, 5.41) is 0. The van der Waals surface area contributed by atoms with E-state index in [0.29, 0.717) is 6.04 Å². The normalized spacial score (nSPS) is 20.7. The molecule has 0 radical (unpaired) electrons. The van der Waals surface area contributed by atoms with E-state index in [1.54, 1.807) is 0 Å². The summed E-state index contributed by atoms with van der Waals surface area (Å²) >= 11 is 1.97. The first-order valence-corrected chi connectivity index (χ1v) is 8.25. The Labute approximate surface area is 122 Å². The summed E-state index contributed by atoms with van der Waals surface area (Å²) in [7, 11) is 0. The number of rotatable bonds is 3. The van der Waals surface area contributed by atoms with Gasteiger partial charge in [-0.3, -0.25) is 4.90 Å². The molecule has 1 aliphatic heterocycles. The van der Waals surface area contributed by atoms with E-state index in [1.165, 1.54) is 35.7 Å². The molecule has 108 valence electrons. The van der Waals surface area contributed by atoms with Crippen LogP contribution in [0.2, 0.25) is 0 Å². The van der Waals surface area contributed by atoms with Crippen LogP contribution in [-0.2, 0) is 12.0 Å². The highest BCUT2D eigenvalue weighted by atomic mass is 32.1. The largest absolute Gasteiger partial charge is 0.328 e. The molecule has 1 aromatic rings. The Balaban J connectivity index is 1.87. The van der Waals surface area contributed by atoms with Gasteiger partial charge < -0.3 is 5.73 Å². The van der Waals surface area contributed by atoms with Crippen LogP contribution in [0.15, 0.2) is 12.1 Å². The fraction of sp³-hybridized carbons (Fsp3) is 0.750. The van der Waals surface area contributed by atoms with E-state index in [1.807, 2.05) is 11.3 Å². The molecule has 0 aromatic carbocycles. The van der Waals surface area contributed by atoms with Crippen LogP contribution in [0.25, 0.3) is 0 Å². The highest BCUT2D eigenvalue weighted by Gasteiger charge is 2.22. The zero-order valence-electron chi connectivity index (χ0n) is 12.8. The highest BCUT2D eigenvalue weighted by molar-refractivity contribution is 7.12. The van der Waals surface area contributed by atoms with E-state index in [-0.39, 0.29) is 5.41 Å². The third-order valence-corrected chi connectivity index (χ3v) is 5.65. The molecule has 2 rings (SSSR count). The lowest BCUT2D eigenvalue weighted by atomic mass is 9.91. The van der Waals surface area contributed by atoms with E-state index in [4.69, 9.17) is 5.73 Å². The molecule has 1 atom stereocenters. The lowest BCUT2D eigenvalue weighted by Crippen LogP contribution is -2.39. The molecule has 2 nitrogen and oxygen atoms in total. The second-order valence-corrected chi connectivity index (χ2v) is 8.16. The number of nitrogens with zero attached hydrogens (tertiary/aromatic N) is 1. The van der Waals surface area contributed by atoms with Crippen molar-refractivity contribution in [3.8, 4) is 0 Å². The lowest BCUT2D eigenvalue weighted by molar-refractivity contribution is 0.167. The topological polar surface area (TPSA) is 29.3 Å². The molecule has 3 heteroatoms. The first-order valence-electron chi connectivity index (χ1n) is 7.43. The number of nitrogens with two attached hydrogens (primary N) is 1. The second kappa shape index (κ2) is 5.94. The molecule has 2 heterocycles. The molecule has 1 fully saturated rings. The average Bonchev–Trinajstić information content (AvgIpc) is 2.78. The monoisotopic (exact) mass is 280 g/mol. The summed E-state index contributed by atoms with van der Waals surface area (Å²) < 4.78 is 0.